The lowest BCUT2D eigenvalue weighted by molar-refractivity contribution is 0.109. The van der Waals surface area contributed by atoms with E-state index in [1.807, 2.05) is 0 Å². The third-order valence-corrected chi connectivity index (χ3v) is 4.03. The molecule has 0 aromatic rings. The van der Waals surface area contributed by atoms with Crippen LogP contribution in [-0.2, 0) is 0 Å². The largest absolute Gasteiger partial charge is 0.314 e. The zero-order valence-electron chi connectivity index (χ0n) is 14.6. The van der Waals surface area contributed by atoms with Crippen LogP contribution in [0.1, 0.15) is 48.0 Å². The highest BCUT2D eigenvalue weighted by Gasteiger charge is 2.27. The van der Waals surface area contributed by atoms with E-state index in [4.69, 9.17) is 0 Å². The Morgan fingerprint density at radius 3 is 2.05 bits per heavy atom. The Bertz CT molecular complexity index is 228. The molecule has 0 aliphatic carbocycles. The molecule has 0 amide bonds. The van der Waals surface area contributed by atoms with Gasteiger partial charge in [0.2, 0.25) is 0 Å². The molecule has 0 spiro atoms. The monoisotopic (exact) mass is 271 g/mol. The first-order valence-electron chi connectivity index (χ1n) is 7.86. The minimum absolute atomic E-state index is 0.362. The molecule has 0 saturated carbocycles. The standard InChI is InChI=1S/C16H37N3/c1-9-16(6,12-17-14(3)4)13-19(10-2)15(5)11-18(7)8/h14-15,17H,9-13H2,1-8H3. The van der Waals surface area contributed by atoms with Gasteiger partial charge in [0.05, 0.1) is 0 Å². The second-order valence-corrected chi connectivity index (χ2v) is 6.87. The molecule has 3 heteroatoms. The molecule has 0 aromatic carbocycles. The van der Waals surface area contributed by atoms with Gasteiger partial charge in [-0.1, -0.05) is 34.6 Å². The molecule has 0 radical (unpaired) electrons. The molecular weight excluding hydrogens is 234 g/mol. The second-order valence-electron chi connectivity index (χ2n) is 6.87. The second kappa shape index (κ2) is 8.93. The predicted molar refractivity (Wildman–Crippen MR) is 86.8 cm³/mol. The van der Waals surface area contributed by atoms with Gasteiger partial charge >= 0.3 is 0 Å². The average molecular weight is 271 g/mol. The van der Waals surface area contributed by atoms with Gasteiger partial charge in [0.15, 0.2) is 0 Å². The molecule has 0 fully saturated rings. The van der Waals surface area contributed by atoms with Crippen molar-refractivity contribution in [3.63, 3.8) is 0 Å². The van der Waals surface area contributed by atoms with Crippen LogP contribution in [0, 0.1) is 5.41 Å². The van der Waals surface area contributed by atoms with Gasteiger partial charge in [0.25, 0.3) is 0 Å². The van der Waals surface area contributed by atoms with Crippen molar-refractivity contribution in [2.24, 2.45) is 5.41 Å². The Morgan fingerprint density at radius 1 is 1.11 bits per heavy atom. The van der Waals surface area contributed by atoms with Crippen LogP contribution in [0.2, 0.25) is 0 Å². The summed E-state index contributed by atoms with van der Waals surface area (Å²) in [5, 5.41) is 3.61. The Labute approximate surface area is 121 Å². The van der Waals surface area contributed by atoms with E-state index in [-0.39, 0.29) is 0 Å². The van der Waals surface area contributed by atoms with E-state index in [1.54, 1.807) is 0 Å². The molecule has 0 aliphatic heterocycles. The van der Waals surface area contributed by atoms with Gasteiger partial charge in [-0.3, -0.25) is 4.90 Å². The maximum atomic E-state index is 3.61. The molecule has 0 heterocycles. The van der Waals surface area contributed by atoms with Gasteiger partial charge in [-0.15, -0.1) is 0 Å². The molecule has 0 aliphatic rings. The highest BCUT2D eigenvalue weighted by atomic mass is 15.2. The third kappa shape index (κ3) is 7.91. The summed E-state index contributed by atoms with van der Waals surface area (Å²) in [5.41, 5.74) is 0.362. The van der Waals surface area contributed by atoms with Crippen molar-refractivity contribution in [1.29, 1.82) is 0 Å². The maximum Gasteiger partial charge on any atom is 0.0194 e. The van der Waals surface area contributed by atoms with Crippen LogP contribution in [-0.4, -0.2) is 62.2 Å². The molecule has 116 valence electrons. The summed E-state index contributed by atoms with van der Waals surface area (Å²) in [7, 11) is 4.31. The van der Waals surface area contributed by atoms with Crippen molar-refractivity contribution < 1.29 is 0 Å². The van der Waals surface area contributed by atoms with Crippen molar-refractivity contribution >= 4 is 0 Å². The van der Waals surface area contributed by atoms with E-state index in [0.29, 0.717) is 17.5 Å². The van der Waals surface area contributed by atoms with E-state index in [2.05, 4.69) is 70.8 Å². The zero-order chi connectivity index (χ0) is 15.1. The molecule has 2 atom stereocenters. The third-order valence-electron chi connectivity index (χ3n) is 4.03. The van der Waals surface area contributed by atoms with E-state index in [1.165, 1.54) is 13.0 Å². The van der Waals surface area contributed by atoms with Gasteiger partial charge < -0.3 is 10.2 Å². The summed E-state index contributed by atoms with van der Waals surface area (Å²) in [6.07, 6.45) is 1.22. The lowest BCUT2D eigenvalue weighted by Crippen LogP contribution is -2.48. The Kier molecular flexibility index (Phi) is 8.88. The molecule has 0 bridgehead atoms. The van der Waals surface area contributed by atoms with Crippen molar-refractivity contribution in [3.8, 4) is 0 Å². The van der Waals surface area contributed by atoms with Crippen molar-refractivity contribution in [2.45, 2.75) is 60.0 Å². The van der Waals surface area contributed by atoms with Crippen molar-refractivity contribution in [3.05, 3.63) is 0 Å². The molecule has 2 unspecified atom stereocenters. The van der Waals surface area contributed by atoms with Gasteiger partial charge in [-0.25, -0.2) is 0 Å². The fraction of sp³-hybridized carbons (Fsp3) is 1.00. The first-order chi connectivity index (χ1) is 8.74. The Morgan fingerprint density at radius 2 is 1.68 bits per heavy atom. The van der Waals surface area contributed by atoms with Crippen LogP contribution in [0.15, 0.2) is 0 Å². The first-order valence-corrected chi connectivity index (χ1v) is 7.86. The summed E-state index contributed by atoms with van der Waals surface area (Å²) in [5.74, 6) is 0. The fourth-order valence-electron chi connectivity index (χ4n) is 2.46. The van der Waals surface area contributed by atoms with Gasteiger partial charge in [0, 0.05) is 31.7 Å². The molecule has 0 saturated heterocycles. The molecule has 3 nitrogen and oxygen atoms in total. The molecular formula is C16H37N3. The molecule has 19 heavy (non-hydrogen) atoms. The number of nitrogens with one attached hydrogen (secondary N) is 1. The molecule has 0 rings (SSSR count). The predicted octanol–water partition coefficient (Wildman–Crippen LogP) is 2.67. The minimum Gasteiger partial charge on any atom is -0.314 e. The normalized spacial score (nSPS) is 17.2. The van der Waals surface area contributed by atoms with Gasteiger partial charge in [-0.2, -0.15) is 0 Å². The number of hydrogen-bond donors (Lipinski definition) is 1. The number of nitrogens with zero attached hydrogens (tertiary/aromatic N) is 2. The summed E-state index contributed by atoms with van der Waals surface area (Å²) in [6.45, 7) is 18.3. The minimum atomic E-state index is 0.362. The topological polar surface area (TPSA) is 18.5 Å². The van der Waals surface area contributed by atoms with E-state index in [0.717, 1.165) is 19.6 Å². The van der Waals surface area contributed by atoms with Crippen molar-refractivity contribution in [2.75, 3.05) is 40.3 Å². The van der Waals surface area contributed by atoms with E-state index in [9.17, 15) is 0 Å². The summed E-state index contributed by atoms with van der Waals surface area (Å²) < 4.78 is 0. The molecule has 1 N–H and O–H groups in total. The Hall–Kier alpha value is -0.120. The van der Waals surface area contributed by atoms with Gasteiger partial charge in [-0.05, 0) is 39.4 Å². The summed E-state index contributed by atoms with van der Waals surface area (Å²) >= 11 is 0. The quantitative estimate of drug-likeness (QED) is 0.659. The number of likely N-dealkylation sites (N-methyl/N-ethyl adjacent to an activating group) is 2. The molecule has 0 aromatic heterocycles. The first kappa shape index (κ1) is 18.9. The van der Waals surface area contributed by atoms with Crippen LogP contribution >= 0.6 is 0 Å². The maximum absolute atomic E-state index is 3.61. The lowest BCUT2D eigenvalue weighted by atomic mass is 9.86. The number of hydrogen-bond acceptors (Lipinski definition) is 3. The van der Waals surface area contributed by atoms with Crippen LogP contribution in [0.3, 0.4) is 0 Å². The smallest absolute Gasteiger partial charge is 0.0194 e. The fourth-order valence-corrected chi connectivity index (χ4v) is 2.46. The van der Waals surface area contributed by atoms with Crippen LogP contribution < -0.4 is 5.32 Å². The zero-order valence-corrected chi connectivity index (χ0v) is 14.6. The SMILES string of the molecule is CCN(CC(C)(CC)CNC(C)C)C(C)CN(C)C. The highest BCUT2D eigenvalue weighted by Crippen LogP contribution is 2.23. The van der Waals surface area contributed by atoms with Crippen LogP contribution in [0.25, 0.3) is 0 Å². The van der Waals surface area contributed by atoms with Crippen LogP contribution in [0.5, 0.6) is 0 Å². The van der Waals surface area contributed by atoms with Crippen molar-refractivity contribution in [1.82, 2.24) is 15.1 Å². The average Bonchev–Trinajstić information content (AvgIpc) is 2.32. The summed E-state index contributed by atoms with van der Waals surface area (Å²) in [4.78, 5) is 4.90. The van der Waals surface area contributed by atoms with Gasteiger partial charge in [0.1, 0.15) is 0 Å². The van der Waals surface area contributed by atoms with E-state index < -0.39 is 0 Å². The van der Waals surface area contributed by atoms with Crippen LogP contribution in [0.4, 0.5) is 0 Å². The summed E-state index contributed by atoms with van der Waals surface area (Å²) in [6, 6.07) is 1.19. The highest BCUT2D eigenvalue weighted by molar-refractivity contribution is 4.82. The Balaban J connectivity index is 4.52. The lowest BCUT2D eigenvalue weighted by Gasteiger charge is -2.39. The van der Waals surface area contributed by atoms with E-state index >= 15 is 0 Å². The number of rotatable bonds is 10.